The maximum atomic E-state index is 12.5. The van der Waals surface area contributed by atoms with Gasteiger partial charge in [0.25, 0.3) is 0 Å². The molecule has 1 aromatic carbocycles. The van der Waals surface area contributed by atoms with Crippen LogP contribution in [0.2, 0.25) is 0 Å². The predicted octanol–water partition coefficient (Wildman–Crippen LogP) is 3.83. The minimum Gasteiger partial charge on any atom is -0.353 e. The van der Waals surface area contributed by atoms with Crippen molar-refractivity contribution >= 4 is 11.8 Å². The van der Waals surface area contributed by atoms with Crippen molar-refractivity contribution in [3.05, 3.63) is 35.4 Å². The minimum absolute atomic E-state index is 0.0278. The fraction of sp³-hybridized carbons (Fsp3) is 0.652. The lowest BCUT2D eigenvalue weighted by Crippen LogP contribution is -2.52. The van der Waals surface area contributed by atoms with E-state index in [0.717, 1.165) is 32.1 Å². The van der Waals surface area contributed by atoms with Crippen LogP contribution in [0.15, 0.2) is 24.3 Å². The van der Waals surface area contributed by atoms with Crippen LogP contribution in [0.4, 0.5) is 0 Å². The Morgan fingerprint density at radius 3 is 2.19 bits per heavy atom. The normalized spacial score (nSPS) is 20.1. The summed E-state index contributed by atoms with van der Waals surface area (Å²) in [5.41, 5.74) is 2.84. The topological polar surface area (TPSA) is 58.2 Å². The number of amides is 2. The van der Waals surface area contributed by atoms with Crippen molar-refractivity contribution in [2.24, 2.45) is 5.92 Å². The highest BCUT2D eigenvalue weighted by Crippen LogP contribution is 2.43. The van der Waals surface area contributed by atoms with Gasteiger partial charge in [0.1, 0.15) is 6.04 Å². The van der Waals surface area contributed by atoms with Crippen LogP contribution in [0.1, 0.15) is 77.3 Å². The molecule has 148 valence electrons. The van der Waals surface area contributed by atoms with Gasteiger partial charge in [-0.15, -0.1) is 0 Å². The zero-order chi connectivity index (χ0) is 19.7. The lowest BCUT2D eigenvalue weighted by molar-refractivity contribution is -0.132. The highest BCUT2D eigenvalue weighted by atomic mass is 16.2. The fourth-order valence-corrected chi connectivity index (χ4v) is 3.97. The first kappa shape index (κ1) is 19.9. The van der Waals surface area contributed by atoms with Gasteiger partial charge < -0.3 is 10.6 Å². The zero-order valence-electron chi connectivity index (χ0n) is 17.2. The molecule has 0 spiro atoms. The molecule has 1 aromatic rings. The second-order valence-corrected chi connectivity index (χ2v) is 9.54. The predicted molar refractivity (Wildman–Crippen MR) is 109 cm³/mol. The minimum atomic E-state index is -0.474. The molecule has 0 bridgehead atoms. The lowest BCUT2D eigenvalue weighted by Gasteiger charge is -2.43. The van der Waals surface area contributed by atoms with E-state index in [2.05, 4.69) is 55.7 Å². The fourth-order valence-electron chi connectivity index (χ4n) is 3.97. The third-order valence-corrected chi connectivity index (χ3v) is 6.50. The van der Waals surface area contributed by atoms with Crippen LogP contribution in [0.5, 0.6) is 0 Å². The number of benzene rings is 1. The van der Waals surface area contributed by atoms with E-state index in [-0.39, 0.29) is 28.6 Å². The summed E-state index contributed by atoms with van der Waals surface area (Å²) in [5.74, 6) is 0.0554. The van der Waals surface area contributed by atoms with E-state index >= 15 is 0 Å². The monoisotopic (exact) mass is 370 g/mol. The van der Waals surface area contributed by atoms with Crippen LogP contribution in [0.3, 0.4) is 0 Å². The van der Waals surface area contributed by atoms with Gasteiger partial charge in [0.2, 0.25) is 11.8 Å². The molecule has 27 heavy (non-hydrogen) atoms. The van der Waals surface area contributed by atoms with Crippen molar-refractivity contribution in [1.82, 2.24) is 10.6 Å². The Morgan fingerprint density at radius 1 is 1.11 bits per heavy atom. The van der Waals surface area contributed by atoms with Crippen LogP contribution in [0, 0.1) is 5.92 Å². The molecular weight excluding hydrogens is 336 g/mol. The van der Waals surface area contributed by atoms with Gasteiger partial charge >= 0.3 is 0 Å². The number of carbonyl (C=O) groups is 2. The van der Waals surface area contributed by atoms with Crippen LogP contribution >= 0.6 is 0 Å². The molecule has 1 unspecified atom stereocenters. The van der Waals surface area contributed by atoms with Crippen molar-refractivity contribution < 1.29 is 9.59 Å². The van der Waals surface area contributed by atoms with Crippen molar-refractivity contribution in [3.63, 3.8) is 0 Å². The maximum Gasteiger partial charge on any atom is 0.242 e. The SMILES string of the molecule is CC(NC(=O)C1CCC1)C(=O)NCC1(c2ccc(C(C)(C)C)cc2)CCC1. The highest BCUT2D eigenvalue weighted by molar-refractivity contribution is 5.88. The molecule has 0 aromatic heterocycles. The van der Waals surface area contributed by atoms with Crippen LogP contribution < -0.4 is 10.6 Å². The molecule has 4 heteroatoms. The summed E-state index contributed by atoms with van der Waals surface area (Å²) in [6.45, 7) is 9.09. The van der Waals surface area contributed by atoms with Gasteiger partial charge in [0, 0.05) is 17.9 Å². The average Bonchev–Trinajstić information content (AvgIpc) is 2.51. The molecule has 4 nitrogen and oxygen atoms in total. The first-order valence-corrected chi connectivity index (χ1v) is 10.4. The van der Waals surface area contributed by atoms with Gasteiger partial charge in [-0.3, -0.25) is 9.59 Å². The Kier molecular flexibility index (Phi) is 5.64. The Hall–Kier alpha value is -1.84. The van der Waals surface area contributed by atoms with E-state index in [1.807, 2.05) is 0 Å². The van der Waals surface area contributed by atoms with Crippen LogP contribution in [-0.2, 0) is 20.4 Å². The Labute approximate surface area is 163 Å². The van der Waals surface area contributed by atoms with Gasteiger partial charge in [0.15, 0.2) is 0 Å². The molecule has 0 saturated heterocycles. The number of rotatable bonds is 6. The number of carbonyl (C=O) groups excluding carboxylic acids is 2. The zero-order valence-corrected chi connectivity index (χ0v) is 17.2. The molecular formula is C23H34N2O2. The molecule has 0 aliphatic heterocycles. The smallest absolute Gasteiger partial charge is 0.242 e. The summed E-state index contributed by atoms with van der Waals surface area (Å²) < 4.78 is 0. The Bertz CT molecular complexity index is 679. The molecule has 2 aliphatic rings. The molecule has 2 aliphatic carbocycles. The molecule has 2 amide bonds. The van der Waals surface area contributed by atoms with Crippen molar-refractivity contribution in [2.75, 3.05) is 6.54 Å². The maximum absolute atomic E-state index is 12.5. The summed E-state index contributed by atoms with van der Waals surface area (Å²) in [6.07, 6.45) is 6.43. The molecule has 0 radical (unpaired) electrons. The van der Waals surface area contributed by atoms with E-state index < -0.39 is 6.04 Å². The summed E-state index contributed by atoms with van der Waals surface area (Å²) >= 11 is 0. The summed E-state index contributed by atoms with van der Waals surface area (Å²) in [5, 5.41) is 5.96. The van der Waals surface area contributed by atoms with E-state index in [9.17, 15) is 9.59 Å². The molecule has 0 heterocycles. The van der Waals surface area contributed by atoms with Gasteiger partial charge in [-0.25, -0.2) is 0 Å². The van der Waals surface area contributed by atoms with Gasteiger partial charge in [-0.2, -0.15) is 0 Å². The number of nitrogens with one attached hydrogen (secondary N) is 2. The second-order valence-electron chi connectivity index (χ2n) is 9.54. The molecule has 3 rings (SSSR count). The lowest BCUT2D eigenvalue weighted by atomic mass is 9.64. The average molecular weight is 371 g/mol. The van der Waals surface area contributed by atoms with Crippen molar-refractivity contribution in [3.8, 4) is 0 Å². The van der Waals surface area contributed by atoms with Crippen LogP contribution in [0.25, 0.3) is 0 Å². The molecule has 1 atom stereocenters. The molecule has 2 fully saturated rings. The van der Waals surface area contributed by atoms with E-state index in [0.29, 0.717) is 6.54 Å². The highest BCUT2D eigenvalue weighted by Gasteiger charge is 2.39. The van der Waals surface area contributed by atoms with Crippen molar-refractivity contribution in [1.29, 1.82) is 0 Å². The van der Waals surface area contributed by atoms with E-state index in [1.54, 1.807) is 6.92 Å². The van der Waals surface area contributed by atoms with Gasteiger partial charge in [-0.1, -0.05) is 57.9 Å². The number of hydrogen-bond donors (Lipinski definition) is 2. The van der Waals surface area contributed by atoms with E-state index in [4.69, 9.17) is 0 Å². The van der Waals surface area contributed by atoms with Gasteiger partial charge in [0.05, 0.1) is 0 Å². The van der Waals surface area contributed by atoms with Crippen LogP contribution in [-0.4, -0.2) is 24.4 Å². The summed E-state index contributed by atoms with van der Waals surface area (Å²) in [7, 11) is 0. The van der Waals surface area contributed by atoms with E-state index in [1.165, 1.54) is 17.5 Å². The first-order valence-electron chi connectivity index (χ1n) is 10.4. The summed E-state index contributed by atoms with van der Waals surface area (Å²) in [6, 6.07) is 8.43. The first-order chi connectivity index (χ1) is 12.7. The Morgan fingerprint density at radius 2 is 1.74 bits per heavy atom. The quantitative estimate of drug-likeness (QED) is 0.800. The third-order valence-electron chi connectivity index (χ3n) is 6.50. The van der Waals surface area contributed by atoms with Crippen molar-refractivity contribution in [2.45, 2.75) is 83.1 Å². The third kappa shape index (κ3) is 4.36. The molecule has 2 N–H and O–H groups in total. The standard InChI is InChI=1S/C23H34N2O2/c1-16(25-21(27)17-7-5-8-17)20(26)24-15-23(13-6-14-23)19-11-9-18(10-12-19)22(2,3)4/h9-12,16-17H,5-8,13-15H2,1-4H3,(H,24,26)(H,25,27). The number of hydrogen-bond acceptors (Lipinski definition) is 2. The molecule has 2 saturated carbocycles. The summed E-state index contributed by atoms with van der Waals surface area (Å²) in [4.78, 5) is 24.5. The Balaban J connectivity index is 1.57. The largest absolute Gasteiger partial charge is 0.353 e. The van der Waals surface area contributed by atoms with Gasteiger partial charge in [-0.05, 0) is 49.1 Å². The second kappa shape index (κ2) is 7.65.